The molecule has 3 aromatic rings. The summed E-state index contributed by atoms with van der Waals surface area (Å²) >= 11 is 6.04. The van der Waals surface area contributed by atoms with Crippen molar-refractivity contribution in [2.45, 2.75) is 40.2 Å². The third-order valence-corrected chi connectivity index (χ3v) is 7.06. The van der Waals surface area contributed by atoms with Gasteiger partial charge in [-0.15, -0.1) is 0 Å². The number of hydrogen-bond acceptors (Lipinski definition) is 4. The number of aliphatic hydroxyl groups excluding tert-OH is 1. The Bertz CT molecular complexity index is 1310. The lowest BCUT2D eigenvalue weighted by molar-refractivity contribution is 0.122. The van der Waals surface area contributed by atoms with E-state index in [-0.39, 0.29) is 41.2 Å². The zero-order valence-corrected chi connectivity index (χ0v) is 21.3. The molecule has 0 saturated carbocycles. The predicted octanol–water partition coefficient (Wildman–Crippen LogP) is 5.25. The van der Waals surface area contributed by atoms with Crippen LogP contribution in [0.15, 0.2) is 35.3 Å². The standard InChI is InChI=1S/C27H31ClF2N2O3/c1-16-14-32(22(15-33)27(2,3)4)20-6-5-17(12-19(20)26(16)34)11-18-13-21(25(30)23(28)24(18)29)31-7-9-35-10-8-31/h5-6,12-14,22,33H,7-11,15H2,1-4H3/t22-/m1/s1. The number of halogens is 3. The minimum atomic E-state index is -0.795. The first kappa shape index (κ1) is 25.6. The maximum Gasteiger partial charge on any atom is 0.192 e. The average Bonchev–Trinajstić information content (AvgIpc) is 2.82. The molecule has 1 saturated heterocycles. The van der Waals surface area contributed by atoms with Crippen molar-refractivity contribution >= 4 is 28.2 Å². The molecule has 1 N–H and O–H groups in total. The van der Waals surface area contributed by atoms with Crippen molar-refractivity contribution in [1.82, 2.24) is 4.57 Å². The van der Waals surface area contributed by atoms with E-state index >= 15 is 0 Å². The Balaban J connectivity index is 1.79. The highest BCUT2D eigenvalue weighted by molar-refractivity contribution is 6.31. The Morgan fingerprint density at radius 3 is 2.46 bits per heavy atom. The molecule has 1 aromatic heterocycles. The van der Waals surface area contributed by atoms with Crippen LogP contribution in [0.4, 0.5) is 14.5 Å². The fourth-order valence-electron chi connectivity index (χ4n) is 4.71. The van der Waals surface area contributed by atoms with Crippen LogP contribution in [0.25, 0.3) is 10.9 Å². The second-order valence-corrected chi connectivity index (χ2v) is 10.6. The van der Waals surface area contributed by atoms with Crippen LogP contribution in [-0.4, -0.2) is 42.6 Å². The van der Waals surface area contributed by atoms with Gasteiger partial charge in [0.2, 0.25) is 0 Å². The Hall–Kier alpha value is -2.48. The van der Waals surface area contributed by atoms with Gasteiger partial charge >= 0.3 is 0 Å². The Kier molecular flexibility index (Phi) is 7.23. The van der Waals surface area contributed by atoms with Crippen LogP contribution in [0.2, 0.25) is 5.02 Å². The highest BCUT2D eigenvalue weighted by atomic mass is 35.5. The number of morpholine rings is 1. The molecule has 1 fully saturated rings. The molecule has 1 aliphatic heterocycles. The summed E-state index contributed by atoms with van der Waals surface area (Å²) < 4.78 is 37.1. The van der Waals surface area contributed by atoms with Crippen molar-refractivity contribution in [3.63, 3.8) is 0 Å². The lowest BCUT2D eigenvalue weighted by atomic mass is 9.86. The smallest absolute Gasteiger partial charge is 0.192 e. The summed E-state index contributed by atoms with van der Waals surface area (Å²) in [6.45, 7) is 9.69. The fourth-order valence-corrected chi connectivity index (χ4v) is 4.93. The van der Waals surface area contributed by atoms with Gasteiger partial charge in [0.1, 0.15) is 10.8 Å². The first-order valence-corrected chi connectivity index (χ1v) is 12.1. The lowest BCUT2D eigenvalue weighted by Crippen LogP contribution is -2.37. The molecule has 0 bridgehead atoms. The molecule has 2 heterocycles. The predicted molar refractivity (Wildman–Crippen MR) is 136 cm³/mol. The number of aliphatic hydroxyl groups is 1. The van der Waals surface area contributed by atoms with Crippen LogP contribution >= 0.6 is 11.6 Å². The minimum Gasteiger partial charge on any atom is -0.394 e. The molecule has 5 nitrogen and oxygen atoms in total. The van der Waals surface area contributed by atoms with Crippen molar-refractivity contribution in [3.8, 4) is 0 Å². The molecule has 0 spiro atoms. The van der Waals surface area contributed by atoms with Crippen LogP contribution in [0.1, 0.15) is 43.5 Å². The van der Waals surface area contributed by atoms with Gasteiger partial charge < -0.3 is 19.3 Å². The summed E-state index contributed by atoms with van der Waals surface area (Å²) in [4.78, 5) is 14.8. The van der Waals surface area contributed by atoms with E-state index in [1.165, 1.54) is 6.07 Å². The van der Waals surface area contributed by atoms with Gasteiger partial charge in [-0.2, -0.15) is 0 Å². The molecular weight excluding hydrogens is 474 g/mol. The summed E-state index contributed by atoms with van der Waals surface area (Å²) in [7, 11) is 0. The summed E-state index contributed by atoms with van der Waals surface area (Å²) in [5.74, 6) is -1.57. The number of pyridine rings is 1. The van der Waals surface area contributed by atoms with Crippen molar-refractivity contribution in [2.75, 3.05) is 37.8 Å². The van der Waals surface area contributed by atoms with E-state index in [0.29, 0.717) is 48.3 Å². The topological polar surface area (TPSA) is 54.7 Å². The molecular formula is C27H31ClF2N2O3. The van der Waals surface area contributed by atoms with Gasteiger partial charge in [0, 0.05) is 36.7 Å². The van der Waals surface area contributed by atoms with Crippen molar-refractivity contribution < 1.29 is 18.6 Å². The van der Waals surface area contributed by atoms with E-state index in [1.54, 1.807) is 24.1 Å². The van der Waals surface area contributed by atoms with Gasteiger partial charge in [0.05, 0.1) is 37.1 Å². The van der Waals surface area contributed by atoms with E-state index in [1.807, 2.05) is 37.5 Å². The summed E-state index contributed by atoms with van der Waals surface area (Å²) in [6, 6.07) is 6.67. The van der Waals surface area contributed by atoms with E-state index in [2.05, 4.69) is 0 Å². The maximum atomic E-state index is 15.0. The normalized spacial score (nSPS) is 15.6. The van der Waals surface area contributed by atoms with Crippen LogP contribution < -0.4 is 10.3 Å². The third-order valence-electron chi connectivity index (χ3n) is 6.73. The van der Waals surface area contributed by atoms with Crippen LogP contribution in [0.3, 0.4) is 0 Å². The lowest BCUT2D eigenvalue weighted by Gasteiger charge is -2.33. The Labute approximate surface area is 208 Å². The molecule has 2 aromatic carbocycles. The number of aryl methyl sites for hydroxylation is 1. The number of ether oxygens (including phenoxy) is 1. The highest BCUT2D eigenvalue weighted by Gasteiger charge is 2.27. The number of benzene rings is 2. The zero-order chi connectivity index (χ0) is 25.5. The highest BCUT2D eigenvalue weighted by Crippen LogP contribution is 2.34. The maximum absolute atomic E-state index is 15.0. The molecule has 0 aliphatic carbocycles. The first-order valence-electron chi connectivity index (χ1n) is 11.8. The summed E-state index contributed by atoms with van der Waals surface area (Å²) in [6.07, 6.45) is 1.93. The molecule has 4 rings (SSSR count). The average molecular weight is 505 g/mol. The van der Waals surface area contributed by atoms with Crippen molar-refractivity contribution in [3.05, 3.63) is 74.0 Å². The number of anilines is 1. The number of rotatable bonds is 5. The number of fused-ring (bicyclic) bond motifs is 1. The van der Waals surface area contributed by atoms with Gasteiger partial charge in [-0.1, -0.05) is 38.4 Å². The SMILES string of the molecule is Cc1cn([C@H](CO)C(C)(C)C)c2ccc(Cc3cc(N4CCOCC4)c(F)c(Cl)c3F)cc2c1=O. The van der Waals surface area contributed by atoms with Crippen molar-refractivity contribution in [1.29, 1.82) is 0 Å². The quantitative estimate of drug-likeness (QED) is 0.482. The second-order valence-electron chi connectivity index (χ2n) is 10.2. The van der Waals surface area contributed by atoms with Crippen LogP contribution in [0, 0.1) is 24.0 Å². The summed E-state index contributed by atoms with van der Waals surface area (Å²) in [5.41, 5.74) is 2.12. The van der Waals surface area contributed by atoms with E-state index in [4.69, 9.17) is 16.3 Å². The first-order chi connectivity index (χ1) is 16.5. The number of hydrogen-bond donors (Lipinski definition) is 1. The Morgan fingerprint density at radius 1 is 1.14 bits per heavy atom. The molecule has 0 radical (unpaired) electrons. The van der Waals surface area contributed by atoms with Gasteiger partial charge in [0.15, 0.2) is 11.2 Å². The molecule has 0 amide bonds. The zero-order valence-electron chi connectivity index (χ0n) is 20.5. The van der Waals surface area contributed by atoms with E-state index in [0.717, 1.165) is 0 Å². The van der Waals surface area contributed by atoms with Crippen molar-refractivity contribution in [2.24, 2.45) is 5.41 Å². The van der Waals surface area contributed by atoms with Gasteiger partial charge in [-0.05, 0) is 41.7 Å². The van der Waals surface area contributed by atoms with E-state index in [9.17, 15) is 18.7 Å². The minimum absolute atomic E-state index is 0.0771. The molecule has 35 heavy (non-hydrogen) atoms. The monoisotopic (exact) mass is 504 g/mol. The molecule has 0 unspecified atom stereocenters. The number of aromatic nitrogens is 1. The van der Waals surface area contributed by atoms with Gasteiger partial charge in [0.25, 0.3) is 0 Å². The van der Waals surface area contributed by atoms with Gasteiger partial charge in [-0.3, -0.25) is 4.79 Å². The van der Waals surface area contributed by atoms with Crippen LogP contribution in [0.5, 0.6) is 0 Å². The Morgan fingerprint density at radius 2 is 1.83 bits per heavy atom. The second kappa shape index (κ2) is 9.88. The fraction of sp³-hybridized carbons (Fsp3) is 0.444. The third kappa shape index (κ3) is 4.95. The molecule has 8 heteroatoms. The molecule has 1 aliphatic rings. The van der Waals surface area contributed by atoms with Crippen LogP contribution in [-0.2, 0) is 11.2 Å². The largest absolute Gasteiger partial charge is 0.394 e. The van der Waals surface area contributed by atoms with Gasteiger partial charge in [-0.25, -0.2) is 8.78 Å². The molecule has 188 valence electrons. The number of nitrogens with zero attached hydrogens (tertiary/aromatic N) is 2. The van der Waals surface area contributed by atoms with E-state index < -0.39 is 16.7 Å². The molecule has 1 atom stereocenters. The summed E-state index contributed by atoms with van der Waals surface area (Å²) in [5, 5.41) is 10.1.